The SMILES string of the molecule is Cc1cccc(NC(=O)C(Sc2ccc(NC(=O)/C=C/C(=O)O)cc2)c2ccccc2)c1C. The van der Waals surface area contributed by atoms with Crippen LogP contribution in [0.4, 0.5) is 11.4 Å². The van der Waals surface area contributed by atoms with Crippen LogP contribution >= 0.6 is 11.8 Å². The molecule has 1 unspecified atom stereocenters. The summed E-state index contributed by atoms with van der Waals surface area (Å²) in [5.41, 5.74) is 4.32. The molecule has 0 spiro atoms. The fraction of sp³-hybridized carbons (Fsp3) is 0.115. The van der Waals surface area contributed by atoms with Gasteiger partial charge in [0, 0.05) is 28.4 Å². The molecule has 2 amide bonds. The van der Waals surface area contributed by atoms with Crippen LogP contribution in [0.25, 0.3) is 0 Å². The second-order valence-corrected chi connectivity index (χ2v) is 8.51. The summed E-state index contributed by atoms with van der Waals surface area (Å²) in [5.74, 6) is -1.85. The number of carbonyl (C=O) groups is 3. The fourth-order valence-electron chi connectivity index (χ4n) is 3.07. The van der Waals surface area contributed by atoms with Gasteiger partial charge < -0.3 is 15.7 Å². The van der Waals surface area contributed by atoms with Gasteiger partial charge in [-0.25, -0.2) is 4.79 Å². The van der Waals surface area contributed by atoms with E-state index in [1.807, 2.05) is 74.5 Å². The molecular weight excluding hydrogens is 436 g/mol. The third-order valence-corrected chi connectivity index (χ3v) is 6.22. The number of carboxylic acid groups (broad SMARTS) is 1. The van der Waals surface area contributed by atoms with E-state index in [4.69, 9.17) is 5.11 Å². The van der Waals surface area contributed by atoms with E-state index in [-0.39, 0.29) is 5.91 Å². The van der Waals surface area contributed by atoms with Crippen molar-refractivity contribution in [3.8, 4) is 0 Å². The number of nitrogens with one attached hydrogen (secondary N) is 2. The molecule has 0 aliphatic heterocycles. The Morgan fingerprint density at radius 2 is 1.55 bits per heavy atom. The first-order valence-corrected chi connectivity index (χ1v) is 11.1. The molecule has 3 aromatic carbocycles. The number of rotatable bonds is 8. The molecule has 3 rings (SSSR count). The minimum absolute atomic E-state index is 0.129. The van der Waals surface area contributed by atoms with Crippen molar-refractivity contribution in [3.63, 3.8) is 0 Å². The molecular formula is C26H24N2O4S. The molecule has 0 radical (unpaired) electrons. The molecule has 33 heavy (non-hydrogen) atoms. The van der Waals surface area contributed by atoms with E-state index >= 15 is 0 Å². The maximum atomic E-state index is 13.3. The molecule has 0 aliphatic rings. The highest BCUT2D eigenvalue weighted by molar-refractivity contribution is 8.00. The minimum atomic E-state index is -1.19. The van der Waals surface area contributed by atoms with E-state index in [1.54, 1.807) is 12.1 Å². The van der Waals surface area contributed by atoms with Gasteiger partial charge in [0.2, 0.25) is 11.8 Å². The van der Waals surface area contributed by atoms with Gasteiger partial charge in [-0.2, -0.15) is 0 Å². The average molecular weight is 461 g/mol. The summed E-state index contributed by atoms with van der Waals surface area (Å²) in [6.45, 7) is 3.99. The Kier molecular flexibility index (Phi) is 8.05. The summed E-state index contributed by atoms with van der Waals surface area (Å²) in [5, 5.41) is 13.8. The van der Waals surface area contributed by atoms with Gasteiger partial charge in [0.25, 0.3) is 0 Å². The molecule has 0 aromatic heterocycles. The molecule has 168 valence electrons. The Balaban J connectivity index is 1.77. The van der Waals surface area contributed by atoms with Crippen molar-refractivity contribution in [2.45, 2.75) is 24.0 Å². The largest absolute Gasteiger partial charge is 0.478 e. The fourth-order valence-corrected chi connectivity index (χ4v) is 4.09. The molecule has 0 fully saturated rings. The van der Waals surface area contributed by atoms with Crippen molar-refractivity contribution in [1.29, 1.82) is 0 Å². The predicted octanol–water partition coefficient (Wildman–Crippen LogP) is 5.35. The molecule has 3 N–H and O–H groups in total. The van der Waals surface area contributed by atoms with Gasteiger partial charge in [-0.3, -0.25) is 9.59 Å². The third-order valence-electron chi connectivity index (χ3n) is 4.96. The van der Waals surface area contributed by atoms with Gasteiger partial charge >= 0.3 is 5.97 Å². The molecule has 0 aliphatic carbocycles. The number of thioether (sulfide) groups is 1. The lowest BCUT2D eigenvalue weighted by molar-refractivity contribution is -0.131. The van der Waals surface area contributed by atoms with Crippen molar-refractivity contribution < 1.29 is 19.5 Å². The zero-order chi connectivity index (χ0) is 23.8. The first kappa shape index (κ1) is 23.8. The van der Waals surface area contributed by atoms with Crippen LogP contribution in [0.3, 0.4) is 0 Å². The molecule has 0 saturated carbocycles. The highest BCUT2D eigenvalue weighted by atomic mass is 32.2. The van der Waals surface area contributed by atoms with Crippen molar-refractivity contribution >= 4 is 40.9 Å². The summed E-state index contributed by atoms with van der Waals surface area (Å²) in [6, 6.07) is 22.4. The molecule has 0 saturated heterocycles. The normalized spacial score (nSPS) is 11.7. The minimum Gasteiger partial charge on any atom is -0.478 e. The lowest BCUT2D eigenvalue weighted by Crippen LogP contribution is -2.19. The number of benzene rings is 3. The second-order valence-electron chi connectivity index (χ2n) is 7.33. The molecule has 1 atom stereocenters. The maximum Gasteiger partial charge on any atom is 0.328 e. The van der Waals surface area contributed by atoms with Crippen LogP contribution in [0, 0.1) is 13.8 Å². The summed E-state index contributed by atoms with van der Waals surface area (Å²) in [4.78, 5) is 36.4. The van der Waals surface area contributed by atoms with Crippen LogP contribution in [0.15, 0.2) is 89.8 Å². The summed E-state index contributed by atoms with van der Waals surface area (Å²) in [7, 11) is 0. The molecule has 0 bridgehead atoms. The lowest BCUT2D eigenvalue weighted by Gasteiger charge is -2.18. The number of amides is 2. The topological polar surface area (TPSA) is 95.5 Å². The number of hydrogen-bond acceptors (Lipinski definition) is 4. The Morgan fingerprint density at radius 1 is 0.848 bits per heavy atom. The highest BCUT2D eigenvalue weighted by Crippen LogP contribution is 2.37. The number of aliphatic carboxylic acids is 1. The molecule has 6 nitrogen and oxygen atoms in total. The van der Waals surface area contributed by atoms with E-state index in [2.05, 4.69) is 10.6 Å². The van der Waals surface area contributed by atoms with E-state index in [0.29, 0.717) is 5.69 Å². The second kappa shape index (κ2) is 11.2. The van der Waals surface area contributed by atoms with Crippen LogP contribution < -0.4 is 10.6 Å². The average Bonchev–Trinajstić information content (AvgIpc) is 2.80. The predicted molar refractivity (Wildman–Crippen MR) is 131 cm³/mol. The van der Waals surface area contributed by atoms with E-state index in [9.17, 15) is 14.4 Å². The molecule has 3 aromatic rings. The number of hydrogen-bond donors (Lipinski definition) is 3. The smallest absolute Gasteiger partial charge is 0.328 e. The standard InChI is InChI=1S/C26H24N2O4S/c1-17-7-6-10-22(18(17)2)28-26(32)25(19-8-4-3-5-9-19)33-21-13-11-20(12-14-21)27-23(29)15-16-24(30)31/h3-16,25H,1-2H3,(H,27,29)(H,28,32)(H,30,31)/b16-15+. The molecule has 7 heteroatoms. The molecule has 0 heterocycles. The zero-order valence-corrected chi connectivity index (χ0v) is 19.1. The lowest BCUT2D eigenvalue weighted by atomic mass is 10.1. The first-order chi connectivity index (χ1) is 15.8. The summed E-state index contributed by atoms with van der Waals surface area (Å²) in [6.07, 6.45) is 1.73. The first-order valence-electron chi connectivity index (χ1n) is 10.2. The highest BCUT2D eigenvalue weighted by Gasteiger charge is 2.23. The zero-order valence-electron chi connectivity index (χ0n) is 18.2. The Hall–Kier alpha value is -3.84. The van der Waals surface area contributed by atoms with E-state index in [1.165, 1.54) is 11.8 Å². The number of carboxylic acids is 1. The van der Waals surface area contributed by atoms with Crippen molar-refractivity contribution in [3.05, 3.63) is 102 Å². The number of carbonyl (C=O) groups excluding carboxylic acids is 2. The van der Waals surface area contributed by atoms with Crippen molar-refractivity contribution in [1.82, 2.24) is 0 Å². The van der Waals surface area contributed by atoms with Crippen LogP contribution in [0.2, 0.25) is 0 Å². The van der Waals surface area contributed by atoms with E-state index in [0.717, 1.165) is 39.4 Å². The Labute approximate surface area is 196 Å². The van der Waals surface area contributed by atoms with Gasteiger partial charge in [-0.1, -0.05) is 42.5 Å². The number of anilines is 2. The van der Waals surface area contributed by atoms with Gasteiger partial charge in [-0.15, -0.1) is 11.8 Å². The van der Waals surface area contributed by atoms with Crippen LogP contribution in [0.1, 0.15) is 21.9 Å². The van der Waals surface area contributed by atoms with Crippen molar-refractivity contribution in [2.24, 2.45) is 0 Å². The van der Waals surface area contributed by atoms with Crippen LogP contribution in [-0.2, 0) is 14.4 Å². The van der Waals surface area contributed by atoms with Gasteiger partial charge in [0.1, 0.15) is 5.25 Å². The third kappa shape index (κ3) is 6.82. The van der Waals surface area contributed by atoms with Crippen molar-refractivity contribution in [2.75, 3.05) is 10.6 Å². The van der Waals surface area contributed by atoms with Crippen LogP contribution in [0.5, 0.6) is 0 Å². The van der Waals surface area contributed by atoms with Crippen LogP contribution in [-0.4, -0.2) is 22.9 Å². The maximum absolute atomic E-state index is 13.3. The van der Waals surface area contributed by atoms with Gasteiger partial charge in [0.15, 0.2) is 0 Å². The summed E-state index contributed by atoms with van der Waals surface area (Å²) < 4.78 is 0. The van der Waals surface area contributed by atoms with Gasteiger partial charge in [-0.05, 0) is 60.9 Å². The summed E-state index contributed by atoms with van der Waals surface area (Å²) >= 11 is 1.40. The van der Waals surface area contributed by atoms with E-state index < -0.39 is 17.1 Å². The number of aryl methyl sites for hydroxylation is 1. The van der Waals surface area contributed by atoms with Gasteiger partial charge in [0.05, 0.1) is 0 Å². The Bertz CT molecular complexity index is 1170. The Morgan fingerprint density at radius 3 is 2.21 bits per heavy atom. The monoisotopic (exact) mass is 460 g/mol. The quantitative estimate of drug-likeness (QED) is 0.311.